The first kappa shape index (κ1) is 8.97. The van der Waals surface area contributed by atoms with Gasteiger partial charge in [0.2, 0.25) is 5.88 Å². The summed E-state index contributed by atoms with van der Waals surface area (Å²) in [5.74, 6) is 0.651. The average Bonchev–Trinajstić information content (AvgIpc) is 2.27. The molecule has 3 nitrogen and oxygen atoms in total. The van der Waals surface area contributed by atoms with Gasteiger partial charge >= 0.3 is 0 Å². The molecule has 3 heteroatoms. The van der Waals surface area contributed by atoms with Gasteiger partial charge in [0.25, 0.3) is 0 Å². The standard InChI is InChI=1S/C11H12N2O/c1-14-11-10-6-8(7-12)2-3-9(10)4-5-13-11/h2-6H,7,12H2,1H3. The van der Waals surface area contributed by atoms with Gasteiger partial charge in [-0.1, -0.05) is 12.1 Å². The third-order valence-electron chi connectivity index (χ3n) is 2.22. The number of hydrogen-bond donors (Lipinski definition) is 1. The lowest BCUT2D eigenvalue weighted by atomic mass is 10.1. The number of ether oxygens (including phenoxy) is 1. The monoisotopic (exact) mass is 188 g/mol. The molecule has 0 spiro atoms. The molecule has 0 unspecified atom stereocenters. The number of aromatic nitrogens is 1. The predicted molar refractivity (Wildman–Crippen MR) is 56.2 cm³/mol. The summed E-state index contributed by atoms with van der Waals surface area (Å²) in [5.41, 5.74) is 6.66. The maximum Gasteiger partial charge on any atom is 0.221 e. The Balaban J connectivity index is 2.70. The number of rotatable bonds is 2. The van der Waals surface area contributed by atoms with Crippen molar-refractivity contribution in [3.8, 4) is 5.88 Å². The summed E-state index contributed by atoms with van der Waals surface area (Å²) in [4.78, 5) is 4.14. The number of methoxy groups -OCH3 is 1. The topological polar surface area (TPSA) is 48.1 Å². The number of benzene rings is 1. The minimum absolute atomic E-state index is 0.536. The Labute approximate surface area is 82.5 Å². The van der Waals surface area contributed by atoms with E-state index in [4.69, 9.17) is 10.5 Å². The highest BCUT2D eigenvalue weighted by Crippen LogP contribution is 2.23. The van der Waals surface area contributed by atoms with Crippen LogP contribution in [-0.2, 0) is 6.54 Å². The third-order valence-corrected chi connectivity index (χ3v) is 2.22. The van der Waals surface area contributed by atoms with E-state index in [1.807, 2.05) is 24.3 Å². The molecule has 0 radical (unpaired) electrons. The Bertz CT molecular complexity index is 454. The van der Waals surface area contributed by atoms with Crippen LogP contribution in [0.5, 0.6) is 5.88 Å². The maximum absolute atomic E-state index is 5.57. The van der Waals surface area contributed by atoms with Crippen LogP contribution in [0.3, 0.4) is 0 Å². The molecule has 0 saturated heterocycles. The van der Waals surface area contributed by atoms with Gasteiger partial charge in [-0.3, -0.25) is 0 Å². The summed E-state index contributed by atoms with van der Waals surface area (Å²) in [5, 5.41) is 2.13. The zero-order chi connectivity index (χ0) is 9.97. The van der Waals surface area contributed by atoms with Gasteiger partial charge < -0.3 is 10.5 Å². The fourth-order valence-electron chi connectivity index (χ4n) is 1.48. The van der Waals surface area contributed by atoms with E-state index in [1.54, 1.807) is 13.3 Å². The minimum Gasteiger partial charge on any atom is -0.481 e. The van der Waals surface area contributed by atoms with Gasteiger partial charge in [0.15, 0.2) is 0 Å². The lowest BCUT2D eigenvalue weighted by Gasteiger charge is -2.05. The molecule has 1 heterocycles. The van der Waals surface area contributed by atoms with Crippen LogP contribution in [0.4, 0.5) is 0 Å². The molecule has 0 aliphatic rings. The van der Waals surface area contributed by atoms with Crippen LogP contribution in [0, 0.1) is 0 Å². The molecule has 0 bridgehead atoms. The number of hydrogen-bond acceptors (Lipinski definition) is 3. The van der Waals surface area contributed by atoms with E-state index in [-0.39, 0.29) is 0 Å². The summed E-state index contributed by atoms with van der Waals surface area (Å²) in [6.07, 6.45) is 1.74. The fourth-order valence-corrected chi connectivity index (χ4v) is 1.48. The zero-order valence-electron chi connectivity index (χ0n) is 8.03. The van der Waals surface area contributed by atoms with Gasteiger partial charge in [-0.2, -0.15) is 0 Å². The molecule has 0 saturated carbocycles. The van der Waals surface area contributed by atoms with Crippen LogP contribution in [-0.4, -0.2) is 12.1 Å². The molecule has 14 heavy (non-hydrogen) atoms. The van der Waals surface area contributed by atoms with Crippen LogP contribution in [0.25, 0.3) is 10.8 Å². The van der Waals surface area contributed by atoms with Crippen LogP contribution >= 0.6 is 0 Å². The van der Waals surface area contributed by atoms with Crippen molar-refractivity contribution in [2.45, 2.75) is 6.54 Å². The molecule has 1 aromatic carbocycles. The summed E-state index contributed by atoms with van der Waals surface area (Å²) in [7, 11) is 1.62. The quantitative estimate of drug-likeness (QED) is 0.780. The number of nitrogens with two attached hydrogens (primary N) is 1. The van der Waals surface area contributed by atoms with Crippen LogP contribution in [0.1, 0.15) is 5.56 Å². The highest BCUT2D eigenvalue weighted by atomic mass is 16.5. The van der Waals surface area contributed by atoms with Gasteiger partial charge in [-0.15, -0.1) is 0 Å². The molecule has 0 fully saturated rings. The normalized spacial score (nSPS) is 10.4. The van der Waals surface area contributed by atoms with Crippen molar-refractivity contribution < 1.29 is 4.74 Å². The second kappa shape index (κ2) is 3.64. The van der Waals surface area contributed by atoms with Crippen molar-refractivity contribution in [1.29, 1.82) is 0 Å². The van der Waals surface area contributed by atoms with E-state index in [2.05, 4.69) is 4.98 Å². The van der Waals surface area contributed by atoms with Crippen LogP contribution in [0.2, 0.25) is 0 Å². The number of pyridine rings is 1. The SMILES string of the molecule is COc1nccc2ccc(CN)cc12. The molecule has 2 N–H and O–H groups in total. The Kier molecular flexibility index (Phi) is 2.33. The smallest absolute Gasteiger partial charge is 0.221 e. The Morgan fingerprint density at radius 3 is 2.93 bits per heavy atom. The lowest BCUT2D eigenvalue weighted by molar-refractivity contribution is 0.403. The van der Waals surface area contributed by atoms with Crippen molar-refractivity contribution in [2.24, 2.45) is 5.73 Å². The van der Waals surface area contributed by atoms with Crippen molar-refractivity contribution in [3.05, 3.63) is 36.0 Å². The van der Waals surface area contributed by atoms with Gasteiger partial charge in [0.1, 0.15) is 0 Å². The van der Waals surface area contributed by atoms with Crippen molar-refractivity contribution in [1.82, 2.24) is 4.98 Å². The molecule has 0 atom stereocenters. The number of fused-ring (bicyclic) bond motifs is 1. The highest BCUT2D eigenvalue weighted by Gasteiger charge is 2.02. The molecule has 1 aromatic heterocycles. The first-order chi connectivity index (χ1) is 6.85. The maximum atomic E-state index is 5.57. The largest absolute Gasteiger partial charge is 0.481 e. The summed E-state index contributed by atoms with van der Waals surface area (Å²) >= 11 is 0. The van der Waals surface area contributed by atoms with Crippen LogP contribution < -0.4 is 10.5 Å². The Morgan fingerprint density at radius 1 is 1.36 bits per heavy atom. The van der Waals surface area contributed by atoms with Gasteiger partial charge in [0.05, 0.1) is 7.11 Å². The first-order valence-electron chi connectivity index (χ1n) is 4.47. The third kappa shape index (κ3) is 1.42. The molecular weight excluding hydrogens is 176 g/mol. The Hall–Kier alpha value is -1.61. The van der Waals surface area contributed by atoms with Gasteiger partial charge in [0, 0.05) is 18.1 Å². The lowest BCUT2D eigenvalue weighted by Crippen LogP contribution is -1.96. The molecule has 2 rings (SSSR count). The van der Waals surface area contributed by atoms with E-state index in [9.17, 15) is 0 Å². The van der Waals surface area contributed by atoms with Gasteiger partial charge in [-0.05, 0) is 23.1 Å². The van der Waals surface area contributed by atoms with Gasteiger partial charge in [-0.25, -0.2) is 4.98 Å². The summed E-state index contributed by atoms with van der Waals surface area (Å²) in [6, 6.07) is 8.02. The summed E-state index contributed by atoms with van der Waals surface area (Å²) in [6.45, 7) is 0.536. The Morgan fingerprint density at radius 2 is 2.21 bits per heavy atom. The summed E-state index contributed by atoms with van der Waals surface area (Å²) < 4.78 is 5.18. The van der Waals surface area contributed by atoms with E-state index < -0.39 is 0 Å². The molecule has 0 aliphatic heterocycles. The first-order valence-corrected chi connectivity index (χ1v) is 4.47. The fraction of sp³-hybridized carbons (Fsp3) is 0.182. The molecule has 2 aromatic rings. The zero-order valence-corrected chi connectivity index (χ0v) is 8.03. The minimum atomic E-state index is 0.536. The van der Waals surface area contributed by atoms with Crippen molar-refractivity contribution >= 4 is 10.8 Å². The molecule has 0 aliphatic carbocycles. The van der Waals surface area contributed by atoms with Crippen molar-refractivity contribution in [3.63, 3.8) is 0 Å². The highest BCUT2D eigenvalue weighted by molar-refractivity contribution is 5.87. The second-order valence-electron chi connectivity index (χ2n) is 3.08. The predicted octanol–water partition coefficient (Wildman–Crippen LogP) is 1.70. The van der Waals surface area contributed by atoms with E-state index >= 15 is 0 Å². The molecule has 72 valence electrons. The second-order valence-corrected chi connectivity index (χ2v) is 3.08. The van der Waals surface area contributed by atoms with E-state index in [1.165, 1.54) is 0 Å². The van der Waals surface area contributed by atoms with Crippen molar-refractivity contribution in [2.75, 3.05) is 7.11 Å². The van der Waals surface area contributed by atoms with Crippen LogP contribution in [0.15, 0.2) is 30.5 Å². The molecular formula is C11H12N2O. The van der Waals surface area contributed by atoms with E-state index in [0.29, 0.717) is 12.4 Å². The average molecular weight is 188 g/mol. The number of nitrogens with zero attached hydrogens (tertiary/aromatic N) is 1. The van der Waals surface area contributed by atoms with E-state index in [0.717, 1.165) is 16.3 Å². The molecule has 0 amide bonds.